The summed E-state index contributed by atoms with van der Waals surface area (Å²) in [4.78, 5) is 11.3. The third-order valence-electron chi connectivity index (χ3n) is 1.36. The summed E-state index contributed by atoms with van der Waals surface area (Å²) in [5.41, 5.74) is 0. The highest BCUT2D eigenvalue weighted by molar-refractivity contribution is 8.01. The molecule has 12 heavy (non-hydrogen) atoms. The van der Waals surface area contributed by atoms with Gasteiger partial charge in [-0.05, 0) is 18.6 Å². The van der Waals surface area contributed by atoms with Gasteiger partial charge < -0.3 is 4.74 Å². The second kappa shape index (κ2) is 6.35. The molecule has 0 aliphatic heterocycles. The van der Waals surface area contributed by atoms with Crippen LogP contribution in [0.1, 0.15) is 34.1 Å². The van der Waals surface area contributed by atoms with Gasteiger partial charge in [0.15, 0.2) is 0 Å². The van der Waals surface area contributed by atoms with E-state index in [9.17, 15) is 4.79 Å². The summed E-state index contributed by atoms with van der Waals surface area (Å²) in [6, 6.07) is 0. The summed E-state index contributed by atoms with van der Waals surface area (Å²) in [5.74, 6) is -0.0706. The predicted molar refractivity (Wildman–Crippen MR) is 53.4 cm³/mol. The molecule has 0 fully saturated rings. The molecule has 1 unspecified atom stereocenters. The number of thioether (sulfide) groups is 1. The van der Waals surface area contributed by atoms with Gasteiger partial charge >= 0.3 is 5.97 Å². The van der Waals surface area contributed by atoms with Crippen LogP contribution in [0.4, 0.5) is 0 Å². The van der Waals surface area contributed by atoms with Crippen LogP contribution in [0.2, 0.25) is 0 Å². The van der Waals surface area contributed by atoms with Gasteiger partial charge in [0.2, 0.25) is 0 Å². The van der Waals surface area contributed by atoms with Gasteiger partial charge in [-0.1, -0.05) is 20.8 Å². The molecule has 1 atom stereocenters. The summed E-state index contributed by atoms with van der Waals surface area (Å²) in [7, 11) is 0. The summed E-state index contributed by atoms with van der Waals surface area (Å²) < 4.78 is 4.94. The van der Waals surface area contributed by atoms with Crippen LogP contribution >= 0.6 is 11.8 Å². The van der Waals surface area contributed by atoms with E-state index >= 15 is 0 Å². The van der Waals surface area contributed by atoms with Crippen LogP contribution in [-0.4, -0.2) is 23.1 Å². The van der Waals surface area contributed by atoms with Crippen molar-refractivity contribution in [3.05, 3.63) is 0 Å². The Labute approximate surface area is 79.1 Å². The Hall–Kier alpha value is -0.180. The van der Waals surface area contributed by atoms with Crippen molar-refractivity contribution < 1.29 is 9.53 Å². The average molecular weight is 190 g/mol. The molecule has 0 saturated heterocycles. The first-order chi connectivity index (χ1) is 5.61. The first-order valence-corrected chi connectivity index (χ1v) is 5.38. The quantitative estimate of drug-likeness (QED) is 0.623. The zero-order valence-corrected chi connectivity index (χ0v) is 9.11. The van der Waals surface area contributed by atoms with Crippen molar-refractivity contribution >= 4 is 17.7 Å². The molecule has 0 spiro atoms. The Morgan fingerprint density at radius 2 is 2.00 bits per heavy atom. The monoisotopic (exact) mass is 190 g/mol. The van der Waals surface area contributed by atoms with Gasteiger partial charge in [0, 0.05) is 0 Å². The van der Waals surface area contributed by atoms with E-state index in [1.165, 1.54) is 0 Å². The van der Waals surface area contributed by atoms with Gasteiger partial charge in [-0.3, -0.25) is 4.79 Å². The maximum Gasteiger partial charge on any atom is 0.319 e. The number of carbonyl (C=O) groups is 1. The third kappa shape index (κ3) is 4.65. The molecular weight excluding hydrogens is 172 g/mol. The topological polar surface area (TPSA) is 26.3 Å². The van der Waals surface area contributed by atoms with E-state index in [0.29, 0.717) is 11.9 Å². The largest absolute Gasteiger partial charge is 0.465 e. The number of rotatable bonds is 5. The molecule has 0 aliphatic rings. The number of hydrogen-bond acceptors (Lipinski definition) is 3. The first-order valence-electron chi connectivity index (χ1n) is 4.43. The SMILES string of the molecule is CCOC(=O)C(CC)SC(C)C. The second-order valence-electron chi connectivity index (χ2n) is 2.83. The fourth-order valence-corrected chi connectivity index (χ4v) is 1.91. The molecule has 0 N–H and O–H groups in total. The van der Waals surface area contributed by atoms with Crippen LogP contribution in [0.15, 0.2) is 0 Å². The molecule has 0 heterocycles. The second-order valence-corrected chi connectivity index (χ2v) is 4.62. The van der Waals surface area contributed by atoms with Crippen molar-refractivity contribution in [1.29, 1.82) is 0 Å². The lowest BCUT2D eigenvalue weighted by Crippen LogP contribution is -2.21. The van der Waals surface area contributed by atoms with Crippen LogP contribution in [-0.2, 0) is 9.53 Å². The van der Waals surface area contributed by atoms with Crippen molar-refractivity contribution in [2.45, 2.75) is 44.6 Å². The highest BCUT2D eigenvalue weighted by Crippen LogP contribution is 2.20. The summed E-state index contributed by atoms with van der Waals surface area (Å²) in [6.07, 6.45) is 0.849. The molecule has 0 saturated carbocycles. The average Bonchev–Trinajstić information content (AvgIpc) is 2.00. The molecule has 3 heteroatoms. The third-order valence-corrected chi connectivity index (χ3v) is 2.76. The van der Waals surface area contributed by atoms with Gasteiger partial charge in [0.1, 0.15) is 5.25 Å². The maximum atomic E-state index is 11.3. The lowest BCUT2D eigenvalue weighted by atomic mass is 10.3. The zero-order valence-electron chi connectivity index (χ0n) is 8.29. The van der Waals surface area contributed by atoms with Crippen LogP contribution < -0.4 is 0 Å². The van der Waals surface area contributed by atoms with Gasteiger partial charge in [0.05, 0.1) is 6.61 Å². The van der Waals surface area contributed by atoms with E-state index in [1.54, 1.807) is 11.8 Å². The van der Waals surface area contributed by atoms with E-state index < -0.39 is 0 Å². The van der Waals surface area contributed by atoms with Crippen molar-refractivity contribution in [3.8, 4) is 0 Å². The summed E-state index contributed by atoms with van der Waals surface area (Å²) in [5, 5.41) is 0.504. The van der Waals surface area contributed by atoms with Crippen molar-refractivity contribution in [2.75, 3.05) is 6.61 Å². The van der Waals surface area contributed by atoms with Crippen LogP contribution in [0.25, 0.3) is 0 Å². The Kier molecular flexibility index (Phi) is 6.25. The van der Waals surface area contributed by atoms with E-state index in [4.69, 9.17) is 4.74 Å². The molecule has 2 nitrogen and oxygen atoms in total. The Balaban J connectivity index is 3.87. The highest BCUT2D eigenvalue weighted by Gasteiger charge is 2.18. The maximum absolute atomic E-state index is 11.3. The first kappa shape index (κ1) is 11.8. The Bertz CT molecular complexity index is 134. The standard InChI is InChI=1S/C9H18O2S/c1-5-8(12-7(3)4)9(10)11-6-2/h7-8H,5-6H2,1-4H3. The number of carbonyl (C=O) groups excluding carboxylic acids is 1. The fourth-order valence-electron chi connectivity index (χ4n) is 0.882. The predicted octanol–water partition coefficient (Wildman–Crippen LogP) is 2.47. The van der Waals surface area contributed by atoms with E-state index in [2.05, 4.69) is 13.8 Å². The minimum Gasteiger partial charge on any atom is -0.465 e. The lowest BCUT2D eigenvalue weighted by Gasteiger charge is -2.14. The van der Waals surface area contributed by atoms with Crippen molar-refractivity contribution in [3.63, 3.8) is 0 Å². The molecule has 0 aromatic rings. The van der Waals surface area contributed by atoms with Crippen molar-refractivity contribution in [1.82, 2.24) is 0 Å². The van der Waals surface area contributed by atoms with Gasteiger partial charge in [-0.2, -0.15) is 0 Å². The molecule has 0 aromatic heterocycles. The van der Waals surface area contributed by atoms with Gasteiger partial charge in [-0.25, -0.2) is 0 Å². The number of esters is 1. The van der Waals surface area contributed by atoms with Crippen LogP contribution in [0.3, 0.4) is 0 Å². The minimum atomic E-state index is -0.0706. The summed E-state index contributed by atoms with van der Waals surface area (Å²) >= 11 is 1.67. The van der Waals surface area contributed by atoms with E-state index in [-0.39, 0.29) is 11.2 Å². The van der Waals surface area contributed by atoms with Crippen LogP contribution in [0.5, 0.6) is 0 Å². The van der Waals surface area contributed by atoms with Gasteiger partial charge in [-0.15, -0.1) is 11.8 Å². The molecule has 0 bridgehead atoms. The highest BCUT2D eigenvalue weighted by atomic mass is 32.2. The number of ether oxygens (including phenoxy) is 1. The van der Waals surface area contributed by atoms with Crippen molar-refractivity contribution in [2.24, 2.45) is 0 Å². The lowest BCUT2D eigenvalue weighted by molar-refractivity contribution is -0.142. The number of hydrogen-bond donors (Lipinski definition) is 0. The van der Waals surface area contributed by atoms with Crippen LogP contribution in [0, 0.1) is 0 Å². The molecule has 0 aromatic carbocycles. The molecule has 0 rings (SSSR count). The van der Waals surface area contributed by atoms with E-state index in [0.717, 1.165) is 6.42 Å². The van der Waals surface area contributed by atoms with E-state index in [1.807, 2.05) is 13.8 Å². The minimum absolute atomic E-state index is 0.0185. The Morgan fingerprint density at radius 1 is 1.42 bits per heavy atom. The Morgan fingerprint density at radius 3 is 2.33 bits per heavy atom. The smallest absolute Gasteiger partial charge is 0.319 e. The molecule has 72 valence electrons. The normalized spacial score (nSPS) is 13.1. The fraction of sp³-hybridized carbons (Fsp3) is 0.889. The molecule has 0 amide bonds. The molecular formula is C9H18O2S. The molecule has 0 aliphatic carbocycles. The van der Waals surface area contributed by atoms with Gasteiger partial charge in [0.25, 0.3) is 0 Å². The zero-order chi connectivity index (χ0) is 9.56. The summed E-state index contributed by atoms with van der Waals surface area (Å²) in [6.45, 7) is 8.51. The molecule has 0 radical (unpaired) electrons.